The van der Waals surface area contributed by atoms with Crippen LogP contribution in [0.4, 0.5) is 5.69 Å². The van der Waals surface area contributed by atoms with Crippen LogP contribution in [0.5, 0.6) is 0 Å². The van der Waals surface area contributed by atoms with Crippen molar-refractivity contribution in [3.63, 3.8) is 0 Å². The van der Waals surface area contributed by atoms with Gasteiger partial charge >= 0.3 is 5.97 Å². The van der Waals surface area contributed by atoms with E-state index < -0.39 is 45.4 Å². The minimum Gasteiger partial charge on any atom is -0.454 e. The number of nitro groups is 1. The molecule has 2 rings (SSSR count). The Morgan fingerprint density at radius 2 is 1.79 bits per heavy atom. The van der Waals surface area contributed by atoms with Crippen molar-refractivity contribution < 1.29 is 32.5 Å². The molecule has 0 spiro atoms. The summed E-state index contributed by atoms with van der Waals surface area (Å²) in [7, 11) is -0.931. The highest BCUT2D eigenvalue weighted by atomic mass is 32.2. The molecule has 0 heterocycles. The summed E-state index contributed by atoms with van der Waals surface area (Å²) in [5.74, 6) is -2.30. The molecular weight excluding hydrogens is 468 g/mol. The number of amides is 2. The van der Waals surface area contributed by atoms with Gasteiger partial charge in [0.15, 0.2) is 6.61 Å². The number of carbonyl (C=O) groups excluding carboxylic acids is 3. The quantitative estimate of drug-likeness (QED) is 0.279. The highest BCUT2D eigenvalue weighted by Gasteiger charge is 2.22. The molecule has 0 bridgehead atoms. The second-order valence-electron chi connectivity index (χ2n) is 7.28. The molecule has 0 unspecified atom stereocenters. The average molecular weight is 493 g/mol. The normalized spacial score (nSPS) is 12.0. The van der Waals surface area contributed by atoms with Crippen LogP contribution in [-0.2, 0) is 30.9 Å². The number of benzene rings is 2. The van der Waals surface area contributed by atoms with E-state index in [1.165, 1.54) is 45.3 Å². The maximum atomic E-state index is 12.4. The number of esters is 1. The number of rotatable bonds is 10. The summed E-state index contributed by atoms with van der Waals surface area (Å²) in [5, 5.41) is 15.6. The molecule has 0 aliphatic heterocycles. The first-order valence-electron chi connectivity index (χ1n) is 9.92. The monoisotopic (exact) mass is 492 g/mol. The number of sulfonamides is 1. The number of nitro benzene ring substituents is 1. The number of hydrogen-bond donors (Lipinski definition) is 2. The Morgan fingerprint density at radius 1 is 1.12 bits per heavy atom. The Labute approximate surface area is 196 Å². The van der Waals surface area contributed by atoms with E-state index in [4.69, 9.17) is 4.74 Å². The number of carbonyl (C=O) groups is 3. The van der Waals surface area contributed by atoms with Gasteiger partial charge in [-0.15, -0.1) is 0 Å². The van der Waals surface area contributed by atoms with Crippen LogP contribution in [0.25, 0.3) is 0 Å². The molecule has 0 fully saturated rings. The van der Waals surface area contributed by atoms with Gasteiger partial charge in [-0.3, -0.25) is 19.7 Å². The van der Waals surface area contributed by atoms with E-state index in [-0.39, 0.29) is 22.7 Å². The van der Waals surface area contributed by atoms with Crippen LogP contribution in [0.3, 0.4) is 0 Å². The van der Waals surface area contributed by atoms with E-state index in [9.17, 15) is 32.9 Å². The van der Waals surface area contributed by atoms with Gasteiger partial charge in [0, 0.05) is 38.3 Å². The molecular formula is C21H24N4O8S. The molecule has 2 amide bonds. The number of non-ortho nitro benzene ring substituents is 1. The molecule has 0 saturated heterocycles. The molecule has 0 aliphatic rings. The van der Waals surface area contributed by atoms with Crippen LogP contribution in [0.2, 0.25) is 0 Å². The predicted molar refractivity (Wildman–Crippen MR) is 120 cm³/mol. The topological polar surface area (TPSA) is 165 Å². The summed E-state index contributed by atoms with van der Waals surface area (Å²) < 4.78 is 30.8. The van der Waals surface area contributed by atoms with Gasteiger partial charge in [-0.2, -0.15) is 0 Å². The average Bonchev–Trinajstić information content (AvgIpc) is 2.81. The first-order chi connectivity index (χ1) is 15.9. The van der Waals surface area contributed by atoms with Crippen LogP contribution in [0.15, 0.2) is 53.4 Å². The zero-order valence-corrected chi connectivity index (χ0v) is 19.5. The molecule has 13 heteroatoms. The van der Waals surface area contributed by atoms with Crippen molar-refractivity contribution in [2.75, 3.05) is 20.7 Å². The third kappa shape index (κ3) is 6.83. The fourth-order valence-electron chi connectivity index (χ4n) is 2.70. The van der Waals surface area contributed by atoms with Crippen molar-refractivity contribution in [2.24, 2.45) is 0 Å². The second-order valence-corrected chi connectivity index (χ2v) is 9.40. The summed E-state index contributed by atoms with van der Waals surface area (Å²) >= 11 is 0. The molecule has 2 N–H and O–H groups in total. The summed E-state index contributed by atoms with van der Waals surface area (Å²) in [5.41, 5.74) is 0.0610. The Kier molecular flexibility index (Phi) is 8.81. The Balaban J connectivity index is 1.89. The lowest BCUT2D eigenvalue weighted by molar-refractivity contribution is -0.384. The highest BCUT2D eigenvalue weighted by Crippen LogP contribution is 2.18. The van der Waals surface area contributed by atoms with Gasteiger partial charge in [0.2, 0.25) is 10.0 Å². The predicted octanol–water partition coefficient (Wildman–Crippen LogP) is 0.823. The van der Waals surface area contributed by atoms with Crippen LogP contribution in [0.1, 0.15) is 22.8 Å². The Bertz CT molecular complexity index is 1200. The molecule has 2 aromatic carbocycles. The van der Waals surface area contributed by atoms with E-state index in [1.807, 2.05) is 0 Å². The van der Waals surface area contributed by atoms with Crippen molar-refractivity contribution >= 4 is 33.5 Å². The SMILES string of the molecule is C[C@H](NC(=O)c1cccc([N+](=O)[O-])c1)C(=O)OCC(=O)NCc1ccccc1S(=O)(=O)N(C)C. The number of nitrogens with zero attached hydrogens (tertiary/aromatic N) is 2. The van der Waals surface area contributed by atoms with E-state index in [1.54, 1.807) is 18.2 Å². The molecule has 0 aliphatic carbocycles. The molecule has 2 aromatic rings. The molecule has 34 heavy (non-hydrogen) atoms. The van der Waals surface area contributed by atoms with Crippen LogP contribution < -0.4 is 10.6 Å². The van der Waals surface area contributed by atoms with Crippen LogP contribution in [0, 0.1) is 10.1 Å². The fourth-order valence-corrected chi connectivity index (χ4v) is 3.82. The summed E-state index contributed by atoms with van der Waals surface area (Å²) in [4.78, 5) is 46.6. The maximum absolute atomic E-state index is 12.4. The molecule has 1 atom stereocenters. The van der Waals surface area contributed by atoms with Gasteiger partial charge in [0.25, 0.3) is 17.5 Å². The highest BCUT2D eigenvalue weighted by molar-refractivity contribution is 7.89. The van der Waals surface area contributed by atoms with Crippen LogP contribution in [-0.4, -0.2) is 62.2 Å². The largest absolute Gasteiger partial charge is 0.454 e. The lowest BCUT2D eigenvalue weighted by Gasteiger charge is -2.16. The van der Waals surface area contributed by atoms with E-state index >= 15 is 0 Å². The minimum absolute atomic E-state index is 0.0158. The van der Waals surface area contributed by atoms with Gasteiger partial charge in [0.05, 0.1) is 9.82 Å². The molecule has 12 nitrogen and oxygen atoms in total. The van der Waals surface area contributed by atoms with Crippen molar-refractivity contribution in [1.82, 2.24) is 14.9 Å². The number of hydrogen-bond acceptors (Lipinski definition) is 8. The third-order valence-electron chi connectivity index (χ3n) is 4.57. The Hall–Kier alpha value is -3.84. The summed E-state index contributed by atoms with van der Waals surface area (Å²) in [6.45, 7) is 0.564. The second kappa shape index (κ2) is 11.3. The van der Waals surface area contributed by atoms with E-state index in [0.29, 0.717) is 5.56 Å². The van der Waals surface area contributed by atoms with E-state index in [2.05, 4.69) is 10.6 Å². The van der Waals surface area contributed by atoms with Crippen molar-refractivity contribution in [3.05, 3.63) is 69.8 Å². The van der Waals surface area contributed by atoms with E-state index in [0.717, 1.165) is 10.4 Å². The number of nitrogens with one attached hydrogen (secondary N) is 2. The van der Waals surface area contributed by atoms with Gasteiger partial charge in [0.1, 0.15) is 6.04 Å². The van der Waals surface area contributed by atoms with Crippen molar-refractivity contribution in [1.29, 1.82) is 0 Å². The lowest BCUT2D eigenvalue weighted by atomic mass is 10.2. The zero-order chi connectivity index (χ0) is 25.5. The molecule has 0 saturated carbocycles. The van der Waals surface area contributed by atoms with Gasteiger partial charge in [-0.1, -0.05) is 24.3 Å². The minimum atomic E-state index is -3.72. The number of ether oxygens (including phenoxy) is 1. The smallest absolute Gasteiger partial charge is 0.328 e. The maximum Gasteiger partial charge on any atom is 0.328 e. The first-order valence-corrected chi connectivity index (χ1v) is 11.4. The standard InChI is InChI=1S/C21H24N4O8S/c1-14(23-20(27)15-8-6-9-17(11-15)25(29)30)21(28)33-13-19(26)22-12-16-7-4-5-10-18(16)34(31,32)24(2)3/h4-11,14H,12-13H2,1-3H3,(H,22,26)(H,23,27)/t14-/m0/s1. The molecule has 0 aromatic heterocycles. The van der Waals surface area contributed by atoms with Gasteiger partial charge in [-0.05, 0) is 24.6 Å². The van der Waals surface area contributed by atoms with Crippen molar-refractivity contribution in [3.8, 4) is 0 Å². The third-order valence-corrected chi connectivity index (χ3v) is 6.49. The fraction of sp³-hybridized carbons (Fsp3) is 0.286. The van der Waals surface area contributed by atoms with Crippen LogP contribution >= 0.6 is 0 Å². The molecule has 0 radical (unpaired) electrons. The lowest BCUT2D eigenvalue weighted by Crippen LogP contribution is -2.41. The zero-order valence-electron chi connectivity index (χ0n) is 18.7. The summed E-state index contributed by atoms with van der Waals surface area (Å²) in [6, 6.07) is 10.00. The van der Waals surface area contributed by atoms with Gasteiger partial charge in [-0.25, -0.2) is 17.5 Å². The first kappa shape index (κ1) is 26.4. The Morgan fingerprint density at radius 3 is 2.44 bits per heavy atom. The van der Waals surface area contributed by atoms with Crippen molar-refractivity contribution in [2.45, 2.75) is 24.4 Å². The molecule has 182 valence electrons. The van der Waals surface area contributed by atoms with Gasteiger partial charge < -0.3 is 15.4 Å². The summed E-state index contributed by atoms with van der Waals surface area (Å²) in [6.07, 6.45) is 0.